The highest BCUT2D eigenvalue weighted by atomic mass is 19.3. The van der Waals surface area contributed by atoms with E-state index in [0.29, 0.717) is 25.3 Å². The molecule has 2 rings (SSSR count). The van der Waals surface area contributed by atoms with Crippen molar-refractivity contribution in [1.82, 2.24) is 5.32 Å². The van der Waals surface area contributed by atoms with Gasteiger partial charge in [0.25, 0.3) is 6.43 Å². The van der Waals surface area contributed by atoms with Gasteiger partial charge in [0.1, 0.15) is 0 Å². The SMILES string of the molecule is CCNC1(C(F)F)CCCC(C2CC2)C1. The molecule has 1 nitrogen and oxygen atoms in total. The van der Waals surface area contributed by atoms with Crippen LogP contribution in [0.5, 0.6) is 0 Å². The van der Waals surface area contributed by atoms with Gasteiger partial charge in [-0.25, -0.2) is 8.78 Å². The Bertz CT molecular complexity index is 212. The minimum Gasteiger partial charge on any atom is -0.307 e. The lowest BCUT2D eigenvalue weighted by atomic mass is 9.74. The highest BCUT2D eigenvalue weighted by Gasteiger charge is 2.46. The van der Waals surface area contributed by atoms with Crippen molar-refractivity contribution in [2.45, 2.75) is 57.4 Å². The van der Waals surface area contributed by atoms with Gasteiger partial charge in [0, 0.05) is 0 Å². The Balaban J connectivity index is 2.02. The Hall–Kier alpha value is -0.180. The molecule has 2 fully saturated rings. The lowest BCUT2D eigenvalue weighted by Crippen LogP contribution is -2.54. The molecule has 0 aromatic carbocycles. The van der Waals surface area contributed by atoms with Crippen molar-refractivity contribution < 1.29 is 8.78 Å². The van der Waals surface area contributed by atoms with Crippen LogP contribution in [0.1, 0.15) is 45.4 Å². The zero-order chi connectivity index (χ0) is 10.9. The molecule has 2 aliphatic rings. The molecule has 0 bridgehead atoms. The molecule has 0 spiro atoms. The minimum atomic E-state index is -2.21. The topological polar surface area (TPSA) is 12.0 Å². The maximum Gasteiger partial charge on any atom is 0.256 e. The van der Waals surface area contributed by atoms with Gasteiger partial charge in [-0.1, -0.05) is 19.8 Å². The Morgan fingerprint density at radius 3 is 2.53 bits per heavy atom. The summed E-state index contributed by atoms with van der Waals surface area (Å²) in [4.78, 5) is 0. The summed E-state index contributed by atoms with van der Waals surface area (Å²) in [6, 6.07) is 0. The molecule has 88 valence electrons. The van der Waals surface area contributed by atoms with Crippen LogP contribution in [0.2, 0.25) is 0 Å². The van der Waals surface area contributed by atoms with E-state index < -0.39 is 12.0 Å². The third-order valence-electron chi connectivity index (χ3n) is 4.06. The molecular weight excluding hydrogens is 196 g/mol. The summed E-state index contributed by atoms with van der Waals surface area (Å²) >= 11 is 0. The first-order valence-electron chi connectivity index (χ1n) is 6.21. The smallest absolute Gasteiger partial charge is 0.256 e. The van der Waals surface area contributed by atoms with E-state index >= 15 is 0 Å². The molecule has 0 aliphatic heterocycles. The molecule has 0 heterocycles. The average Bonchev–Trinajstić information content (AvgIpc) is 3.01. The molecule has 3 heteroatoms. The zero-order valence-corrected chi connectivity index (χ0v) is 9.44. The van der Waals surface area contributed by atoms with E-state index in [9.17, 15) is 8.78 Å². The molecule has 0 aromatic heterocycles. The second-order valence-corrected chi connectivity index (χ2v) is 5.18. The lowest BCUT2D eigenvalue weighted by Gasteiger charge is -2.41. The molecule has 1 N–H and O–H groups in total. The Morgan fingerprint density at radius 2 is 2.00 bits per heavy atom. The van der Waals surface area contributed by atoms with Crippen LogP contribution < -0.4 is 5.32 Å². The first-order valence-corrected chi connectivity index (χ1v) is 6.21. The predicted octanol–water partition coefficient (Wildman–Crippen LogP) is 3.20. The van der Waals surface area contributed by atoms with Crippen molar-refractivity contribution in [1.29, 1.82) is 0 Å². The van der Waals surface area contributed by atoms with Crippen LogP contribution in [-0.4, -0.2) is 18.5 Å². The average molecular weight is 217 g/mol. The van der Waals surface area contributed by atoms with Gasteiger partial charge in [-0.3, -0.25) is 0 Å². The molecule has 15 heavy (non-hydrogen) atoms. The van der Waals surface area contributed by atoms with Crippen molar-refractivity contribution >= 4 is 0 Å². The van der Waals surface area contributed by atoms with Gasteiger partial charge in [-0.2, -0.15) is 0 Å². The highest BCUT2D eigenvalue weighted by Crippen LogP contribution is 2.47. The molecule has 2 aliphatic carbocycles. The summed E-state index contributed by atoms with van der Waals surface area (Å²) in [5, 5.41) is 3.06. The number of halogens is 2. The standard InChI is InChI=1S/C12H21F2N/c1-2-15-12(11(13)14)7-3-4-10(8-12)9-5-6-9/h9-11,15H,2-8H2,1H3. The van der Waals surface area contributed by atoms with E-state index in [0.717, 1.165) is 12.3 Å². The second kappa shape index (κ2) is 4.36. The fraction of sp³-hybridized carbons (Fsp3) is 1.00. The van der Waals surface area contributed by atoms with Gasteiger partial charge in [0.15, 0.2) is 0 Å². The number of rotatable bonds is 4. The maximum atomic E-state index is 13.2. The summed E-state index contributed by atoms with van der Waals surface area (Å²) in [6.45, 7) is 2.58. The quantitative estimate of drug-likeness (QED) is 0.762. The van der Waals surface area contributed by atoms with Crippen molar-refractivity contribution in [3.63, 3.8) is 0 Å². The number of hydrogen-bond donors (Lipinski definition) is 1. The van der Waals surface area contributed by atoms with E-state index in [4.69, 9.17) is 0 Å². The van der Waals surface area contributed by atoms with Crippen molar-refractivity contribution in [3.05, 3.63) is 0 Å². The van der Waals surface area contributed by atoms with Crippen molar-refractivity contribution in [2.24, 2.45) is 11.8 Å². The molecule has 2 saturated carbocycles. The molecule has 2 unspecified atom stereocenters. The molecule has 0 radical (unpaired) electrons. The Labute approximate surface area is 90.6 Å². The van der Waals surface area contributed by atoms with E-state index in [1.165, 1.54) is 19.3 Å². The van der Waals surface area contributed by atoms with Gasteiger partial charge in [0.2, 0.25) is 0 Å². The van der Waals surface area contributed by atoms with Gasteiger partial charge >= 0.3 is 0 Å². The third-order valence-corrected chi connectivity index (χ3v) is 4.06. The number of nitrogens with one attached hydrogen (secondary N) is 1. The third kappa shape index (κ3) is 2.32. The first kappa shape index (κ1) is 11.3. The lowest BCUT2D eigenvalue weighted by molar-refractivity contribution is -0.00893. The van der Waals surface area contributed by atoms with Gasteiger partial charge < -0.3 is 5.32 Å². The molecule has 0 aromatic rings. The summed E-state index contributed by atoms with van der Waals surface area (Å²) in [5.74, 6) is 1.33. The Kier molecular flexibility index (Phi) is 3.29. The van der Waals surface area contributed by atoms with Crippen LogP contribution in [0, 0.1) is 11.8 Å². The van der Waals surface area contributed by atoms with Crippen molar-refractivity contribution in [3.8, 4) is 0 Å². The van der Waals surface area contributed by atoms with E-state index in [1.54, 1.807) is 0 Å². The van der Waals surface area contributed by atoms with E-state index in [-0.39, 0.29) is 0 Å². The van der Waals surface area contributed by atoms with Crippen LogP contribution in [0.3, 0.4) is 0 Å². The largest absolute Gasteiger partial charge is 0.307 e. The van der Waals surface area contributed by atoms with Gasteiger partial charge in [0.05, 0.1) is 5.54 Å². The summed E-state index contributed by atoms with van der Waals surface area (Å²) in [7, 11) is 0. The van der Waals surface area contributed by atoms with Gasteiger partial charge in [-0.15, -0.1) is 0 Å². The summed E-state index contributed by atoms with van der Waals surface area (Å²) in [5.41, 5.74) is -0.861. The van der Waals surface area contributed by atoms with E-state index in [1.807, 2.05) is 6.92 Å². The zero-order valence-electron chi connectivity index (χ0n) is 9.44. The fourth-order valence-electron chi connectivity index (χ4n) is 3.11. The molecule has 0 saturated heterocycles. The minimum absolute atomic E-state index is 0.562. The number of alkyl halides is 2. The highest BCUT2D eigenvalue weighted by molar-refractivity contribution is 4.99. The van der Waals surface area contributed by atoms with Crippen molar-refractivity contribution in [2.75, 3.05) is 6.54 Å². The monoisotopic (exact) mass is 217 g/mol. The first-order chi connectivity index (χ1) is 7.18. The predicted molar refractivity (Wildman–Crippen MR) is 57.1 cm³/mol. The second-order valence-electron chi connectivity index (χ2n) is 5.18. The fourth-order valence-corrected chi connectivity index (χ4v) is 3.11. The Morgan fingerprint density at radius 1 is 1.27 bits per heavy atom. The van der Waals surface area contributed by atoms with Gasteiger partial charge in [-0.05, 0) is 44.1 Å². The van der Waals surface area contributed by atoms with Crippen LogP contribution in [0.25, 0.3) is 0 Å². The van der Waals surface area contributed by atoms with Crippen LogP contribution in [0.15, 0.2) is 0 Å². The molecule has 2 atom stereocenters. The van der Waals surface area contributed by atoms with E-state index in [2.05, 4.69) is 5.32 Å². The van der Waals surface area contributed by atoms with Crippen LogP contribution in [-0.2, 0) is 0 Å². The summed E-state index contributed by atoms with van der Waals surface area (Å²) < 4.78 is 26.3. The normalized spacial score (nSPS) is 37.2. The van der Waals surface area contributed by atoms with Crippen LogP contribution >= 0.6 is 0 Å². The molecule has 0 amide bonds. The molecular formula is C12H21F2N. The van der Waals surface area contributed by atoms with Crippen LogP contribution in [0.4, 0.5) is 8.78 Å². The summed E-state index contributed by atoms with van der Waals surface area (Å²) in [6.07, 6.45) is 3.83. The maximum absolute atomic E-state index is 13.2. The number of hydrogen-bond acceptors (Lipinski definition) is 1.